The predicted octanol–water partition coefficient (Wildman–Crippen LogP) is 17.8. The minimum absolute atomic E-state index is 0.0183. The molecule has 12 aromatic rings. The molecule has 8 N–H and O–H groups in total. The first-order valence-electron chi connectivity index (χ1n) is 33.1. The van der Waals surface area contributed by atoms with Gasteiger partial charge in [0.2, 0.25) is 0 Å². The van der Waals surface area contributed by atoms with E-state index in [9.17, 15) is 39.6 Å². The van der Waals surface area contributed by atoms with Gasteiger partial charge in [-0.15, -0.1) is 0 Å². The summed E-state index contributed by atoms with van der Waals surface area (Å²) in [5, 5.41) is 61.4. The molecular weight excluding hydrogens is 1280 g/mol. The van der Waals surface area contributed by atoms with E-state index in [1.807, 2.05) is 149 Å². The standard InChI is InChI=1S/2C42H32N4O5/c1-23-9-11-26-5-3-7-33(38(26)45-23)43-21-31-35(47)19-17-29-37(25-13-15-28(16-14-25)42(49)50)30-18-20-36(48)32(41(30)51-40(29)31)22-44-34-8-4-6-27-12-10-24(2)46-39(27)34;1-23-13-15-25-7-5-11-33(38(25)45-23)43-21-31-35(47)19-17-29-37(27-9-3-4-10-28(27)42(49)50)30-18-20-36(48)32(41(30)51-40(29)31)22-44-34-12-6-8-26-16-14-24(2)46-39(26)34/h2*3-20,43-44,47H,21-22H2,1-2H3,(H,49,50). The van der Waals surface area contributed by atoms with Gasteiger partial charge in [0, 0.05) is 104 Å². The van der Waals surface area contributed by atoms with Crippen LogP contribution in [-0.2, 0) is 26.2 Å². The number of hydrogen-bond acceptors (Lipinski definition) is 16. The van der Waals surface area contributed by atoms with Gasteiger partial charge in [-0.05, 0) is 154 Å². The number of carboxylic acid groups (broad SMARTS) is 2. The van der Waals surface area contributed by atoms with Gasteiger partial charge in [0.15, 0.2) is 10.9 Å². The maximum atomic E-state index is 13.7. The predicted molar refractivity (Wildman–Crippen MR) is 402 cm³/mol. The largest absolute Gasteiger partial charge is 0.507 e. The number of aromatic carboxylic acids is 2. The van der Waals surface area contributed by atoms with Crippen molar-refractivity contribution in [2.75, 3.05) is 21.3 Å². The Morgan fingerprint density at radius 1 is 0.363 bits per heavy atom. The lowest BCUT2D eigenvalue weighted by Crippen LogP contribution is -2.15. The number of anilines is 4. The zero-order valence-corrected chi connectivity index (χ0v) is 55.6. The molecule has 8 aromatic carbocycles. The zero-order valence-electron chi connectivity index (χ0n) is 55.6. The number of aryl methyl sites for hydroxylation is 4. The lowest BCUT2D eigenvalue weighted by Gasteiger charge is -2.21. The summed E-state index contributed by atoms with van der Waals surface area (Å²) in [6, 6.07) is 65.8. The molecule has 0 bridgehead atoms. The number of carboxylic acids is 2. The number of benzene rings is 10. The molecule has 0 atom stereocenters. The fourth-order valence-electron chi connectivity index (χ4n) is 13.4. The maximum absolute atomic E-state index is 13.7. The lowest BCUT2D eigenvalue weighted by molar-refractivity contribution is 0.0686. The third kappa shape index (κ3) is 12.2. The first-order chi connectivity index (χ1) is 49.5. The molecule has 18 nitrogen and oxygen atoms in total. The number of nitrogens with zero attached hydrogens (tertiary/aromatic N) is 4. The first-order valence-corrected chi connectivity index (χ1v) is 33.1. The van der Waals surface area contributed by atoms with Gasteiger partial charge >= 0.3 is 11.9 Å². The smallest absolute Gasteiger partial charge is 0.336 e. The third-order valence-electron chi connectivity index (χ3n) is 18.5. The second kappa shape index (κ2) is 26.7. The topological polar surface area (TPSA) is 275 Å². The molecule has 500 valence electrons. The van der Waals surface area contributed by atoms with E-state index < -0.39 is 11.9 Å². The Morgan fingerprint density at radius 3 is 1.13 bits per heavy atom. The average molecular weight is 1350 g/mol. The molecule has 6 heterocycles. The van der Waals surface area contributed by atoms with Crippen LogP contribution >= 0.6 is 0 Å². The van der Waals surface area contributed by atoms with Crippen molar-refractivity contribution in [3.8, 4) is 56.4 Å². The summed E-state index contributed by atoms with van der Waals surface area (Å²) in [6.07, 6.45) is 0. The summed E-state index contributed by atoms with van der Waals surface area (Å²) < 4.78 is 13.4. The maximum Gasteiger partial charge on any atom is 0.336 e. The molecule has 4 aliphatic rings. The van der Waals surface area contributed by atoms with Crippen LogP contribution in [0.4, 0.5) is 22.7 Å². The second-order valence-corrected chi connectivity index (χ2v) is 25.1. The normalized spacial score (nSPS) is 11.4. The van der Waals surface area contributed by atoms with Crippen molar-refractivity contribution in [3.05, 3.63) is 295 Å². The molecule has 102 heavy (non-hydrogen) atoms. The van der Waals surface area contributed by atoms with E-state index in [1.54, 1.807) is 84.9 Å². The van der Waals surface area contributed by atoms with E-state index in [4.69, 9.17) is 28.8 Å². The Hall–Kier alpha value is -13.5. The molecule has 0 saturated carbocycles. The summed E-state index contributed by atoms with van der Waals surface area (Å²) >= 11 is 0. The van der Waals surface area contributed by atoms with Gasteiger partial charge in [0.05, 0.1) is 78.2 Å². The molecule has 4 aromatic heterocycles. The highest BCUT2D eigenvalue weighted by Crippen LogP contribution is 2.47. The number of carbonyl (C=O) groups is 2. The van der Waals surface area contributed by atoms with Crippen LogP contribution < -0.4 is 32.1 Å². The van der Waals surface area contributed by atoms with Gasteiger partial charge in [-0.3, -0.25) is 29.5 Å². The molecule has 0 radical (unpaired) electrons. The van der Waals surface area contributed by atoms with Gasteiger partial charge < -0.3 is 50.5 Å². The van der Waals surface area contributed by atoms with Crippen molar-refractivity contribution in [1.29, 1.82) is 0 Å². The van der Waals surface area contributed by atoms with Crippen LogP contribution in [0.3, 0.4) is 0 Å². The molecule has 2 aliphatic carbocycles. The highest BCUT2D eigenvalue weighted by Gasteiger charge is 2.29. The highest BCUT2D eigenvalue weighted by molar-refractivity contribution is 6.09. The number of rotatable bonds is 16. The van der Waals surface area contributed by atoms with E-state index in [0.29, 0.717) is 72.2 Å². The number of aromatic nitrogens is 4. The summed E-state index contributed by atoms with van der Waals surface area (Å²) in [5.74, 6) is -1.47. The van der Waals surface area contributed by atoms with Crippen molar-refractivity contribution < 1.29 is 38.8 Å². The third-order valence-corrected chi connectivity index (χ3v) is 18.5. The summed E-state index contributed by atoms with van der Waals surface area (Å²) in [7, 11) is 0. The Morgan fingerprint density at radius 2 is 0.735 bits per heavy atom. The number of phenols is 2. The van der Waals surface area contributed by atoms with Gasteiger partial charge in [0.25, 0.3) is 0 Å². The Balaban J connectivity index is 0.000000165. The molecular formula is C84H64N8O10. The minimum Gasteiger partial charge on any atom is -0.507 e. The number of phenolic OH excluding ortho intramolecular Hbond substituents is 2. The number of aromatic hydroxyl groups is 2. The van der Waals surface area contributed by atoms with Crippen molar-refractivity contribution in [2.24, 2.45) is 0 Å². The second-order valence-electron chi connectivity index (χ2n) is 25.1. The van der Waals surface area contributed by atoms with Gasteiger partial charge in [-0.2, -0.15) is 0 Å². The Labute approximate surface area is 582 Å². The van der Waals surface area contributed by atoms with Gasteiger partial charge in [-0.1, -0.05) is 103 Å². The van der Waals surface area contributed by atoms with E-state index >= 15 is 0 Å². The summed E-state index contributed by atoms with van der Waals surface area (Å²) in [6.45, 7) is 8.33. The Kier molecular flexibility index (Phi) is 16.9. The summed E-state index contributed by atoms with van der Waals surface area (Å²) in [4.78, 5) is 70.5. The van der Waals surface area contributed by atoms with Crippen LogP contribution in [0.5, 0.6) is 11.5 Å². The van der Waals surface area contributed by atoms with Crippen molar-refractivity contribution in [3.63, 3.8) is 0 Å². The van der Waals surface area contributed by atoms with Gasteiger partial charge in [-0.25, -0.2) is 9.59 Å². The fourth-order valence-corrected chi connectivity index (χ4v) is 13.4. The molecule has 0 fully saturated rings. The number of hydrogen-bond donors (Lipinski definition) is 8. The SMILES string of the molecule is Cc1ccc2cccc(NCc3c4oc5c(CNc6cccc7ccc(C)nc67)c(O)ccc5c(-c5ccc(C(=O)O)cc5)c-4ccc3=O)c2n1.Cc1ccc2cccc(NCc3c4oc5c(CNc6cccc7ccc(C)nc67)c(O)ccc5c(-c5ccccc5C(=O)O)c-4ccc3=O)c2n1. The van der Waals surface area contributed by atoms with Crippen molar-refractivity contribution in [1.82, 2.24) is 19.9 Å². The number of para-hydroxylation sites is 4. The molecule has 18 heteroatoms. The number of fused-ring (bicyclic) bond motifs is 8. The van der Waals surface area contributed by atoms with Crippen molar-refractivity contribution >= 4 is 100 Å². The van der Waals surface area contributed by atoms with Gasteiger partial charge in [0.1, 0.15) is 34.2 Å². The van der Waals surface area contributed by atoms with E-state index in [1.165, 1.54) is 12.1 Å². The molecule has 2 aliphatic heterocycles. The zero-order chi connectivity index (χ0) is 70.4. The average Bonchev–Trinajstić information content (AvgIpc) is 0.739. The van der Waals surface area contributed by atoms with Crippen LogP contribution in [-0.4, -0.2) is 52.3 Å². The molecule has 0 amide bonds. The first kappa shape index (κ1) is 64.5. The Bertz CT molecular complexity index is 6130. The van der Waals surface area contributed by atoms with Crippen molar-refractivity contribution in [2.45, 2.75) is 53.9 Å². The van der Waals surface area contributed by atoms with Crippen LogP contribution in [0.2, 0.25) is 0 Å². The van der Waals surface area contributed by atoms with Crippen LogP contribution in [0.25, 0.3) is 110 Å². The summed E-state index contributed by atoms with van der Waals surface area (Å²) in [5.41, 5.74) is 15.7. The molecule has 0 saturated heterocycles. The van der Waals surface area contributed by atoms with E-state index in [0.717, 1.165) is 100 Å². The van der Waals surface area contributed by atoms with E-state index in [2.05, 4.69) is 21.3 Å². The number of nitrogens with one attached hydrogen (secondary N) is 4. The lowest BCUT2D eigenvalue weighted by atomic mass is 9.88. The molecule has 16 rings (SSSR count). The highest BCUT2D eigenvalue weighted by atomic mass is 16.4. The molecule has 0 unspecified atom stereocenters. The molecule has 0 spiro atoms. The van der Waals surface area contributed by atoms with E-state index in [-0.39, 0.29) is 65.4 Å². The van der Waals surface area contributed by atoms with Crippen LogP contribution in [0.15, 0.2) is 237 Å². The fraction of sp³-hybridized carbons (Fsp3) is 0.0952. The minimum atomic E-state index is -1.09. The monoisotopic (exact) mass is 1340 g/mol. The van der Waals surface area contributed by atoms with Crippen LogP contribution in [0.1, 0.15) is 65.7 Å². The number of pyridine rings is 4. The van der Waals surface area contributed by atoms with Crippen LogP contribution in [0, 0.1) is 27.7 Å². The quantitative estimate of drug-likeness (QED) is 0.0418.